The van der Waals surface area contributed by atoms with Crippen LogP contribution >= 0.6 is 0 Å². The molecule has 100 valence electrons. The molecule has 0 aliphatic carbocycles. The third-order valence-corrected chi connectivity index (χ3v) is 2.48. The molecule has 0 saturated heterocycles. The number of hydrogen-bond donors (Lipinski definition) is 2. The normalized spacial score (nSPS) is 10.3. The van der Waals surface area contributed by atoms with Crippen molar-refractivity contribution in [3.8, 4) is 5.75 Å². The fourth-order valence-corrected chi connectivity index (χ4v) is 1.63. The highest BCUT2D eigenvalue weighted by atomic mass is 19.1. The number of carbonyl (C=O) groups is 1. The Morgan fingerprint density at radius 3 is 2.84 bits per heavy atom. The van der Waals surface area contributed by atoms with Crippen molar-refractivity contribution in [2.24, 2.45) is 7.05 Å². The fraction of sp³-hybridized carbons (Fsp3) is 0.167. The zero-order chi connectivity index (χ0) is 14.0. The van der Waals surface area contributed by atoms with E-state index in [9.17, 15) is 9.18 Å². The SMILES string of the molecule is COc1cc(F)ccc1NC(=O)c1nn(C)cc1N. The van der Waals surface area contributed by atoms with Crippen LogP contribution in [0.1, 0.15) is 10.5 Å². The number of aryl methyl sites for hydroxylation is 1. The number of hydrogen-bond acceptors (Lipinski definition) is 4. The smallest absolute Gasteiger partial charge is 0.278 e. The second-order valence-electron chi connectivity index (χ2n) is 3.91. The summed E-state index contributed by atoms with van der Waals surface area (Å²) in [6.45, 7) is 0. The van der Waals surface area contributed by atoms with Crippen molar-refractivity contribution in [2.75, 3.05) is 18.2 Å². The minimum absolute atomic E-state index is 0.105. The van der Waals surface area contributed by atoms with Gasteiger partial charge in [-0.15, -0.1) is 0 Å². The van der Waals surface area contributed by atoms with Crippen LogP contribution in [0.4, 0.5) is 15.8 Å². The summed E-state index contributed by atoms with van der Waals surface area (Å²) in [7, 11) is 3.05. The number of nitrogens with one attached hydrogen (secondary N) is 1. The van der Waals surface area contributed by atoms with E-state index in [-0.39, 0.29) is 17.1 Å². The molecule has 1 aromatic heterocycles. The lowest BCUT2D eigenvalue weighted by Crippen LogP contribution is -2.15. The lowest BCUT2D eigenvalue weighted by Gasteiger charge is -2.09. The van der Waals surface area contributed by atoms with Crippen LogP contribution in [0.2, 0.25) is 0 Å². The van der Waals surface area contributed by atoms with Crippen LogP contribution in [-0.4, -0.2) is 22.8 Å². The summed E-state index contributed by atoms with van der Waals surface area (Å²) in [6.07, 6.45) is 1.52. The molecule has 0 bridgehead atoms. The van der Waals surface area contributed by atoms with Gasteiger partial charge in [0.15, 0.2) is 5.69 Å². The molecule has 3 N–H and O–H groups in total. The molecule has 2 rings (SSSR count). The molecule has 1 aromatic carbocycles. The van der Waals surface area contributed by atoms with E-state index in [1.165, 1.54) is 36.2 Å². The first-order valence-corrected chi connectivity index (χ1v) is 5.45. The van der Waals surface area contributed by atoms with Crippen molar-refractivity contribution in [1.29, 1.82) is 0 Å². The largest absolute Gasteiger partial charge is 0.494 e. The Hall–Kier alpha value is -2.57. The molecule has 7 heteroatoms. The highest BCUT2D eigenvalue weighted by Gasteiger charge is 2.16. The fourth-order valence-electron chi connectivity index (χ4n) is 1.63. The predicted molar refractivity (Wildman–Crippen MR) is 68.5 cm³/mol. The molecule has 0 radical (unpaired) electrons. The van der Waals surface area contributed by atoms with E-state index in [1.54, 1.807) is 7.05 Å². The summed E-state index contributed by atoms with van der Waals surface area (Å²) in [6, 6.07) is 3.81. The van der Waals surface area contributed by atoms with E-state index in [2.05, 4.69) is 10.4 Å². The highest BCUT2D eigenvalue weighted by molar-refractivity contribution is 6.06. The van der Waals surface area contributed by atoms with Crippen LogP contribution in [0.15, 0.2) is 24.4 Å². The maximum atomic E-state index is 13.0. The number of nitrogens with zero attached hydrogens (tertiary/aromatic N) is 2. The van der Waals surface area contributed by atoms with Crippen LogP contribution in [0.25, 0.3) is 0 Å². The number of aromatic nitrogens is 2. The van der Waals surface area contributed by atoms with Crippen molar-refractivity contribution in [3.05, 3.63) is 35.9 Å². The van der Waals surface area contributed by atoms with Crippen molar-refractivity contribution in [1.82, 2.24) is 9.78 Å². The van der Waals surface area contributed by atoms with Gasteiger partial charge in [-0.25, -0.2) is 4.39 Å². The number of halogens is 1. The monoisotopic (exact) mass is 264 g/mol. The van der Waals surface area contributed by atoms with Gasteiger partial charge in [-0.1, -0.05) is 0 Å². The van der Waals surface area contributed by atoms with Crippen LogP contribution in [-0.2, 0) is 7.05 Å². The second kappa shape index (κ2) is 4.97. The molecule has 2 aromatic rings. The summed E-state index contributed by atoms with van der Waals surface area (Å²) in [5.41, 5.74) is 6.37. The molecule has 1 amide bonds. The molecule has 0 aliphatic rings. The Morgan fingerprint density at radius 2 is 2.26 bits per heavy atom. The molecule has 0 aliphatic heterocycles. The molecule has 0 spiro atoms. The van der Waals surface area contributed by atoms with Crippen LogP contribution < -0.4 is 15.8 Å². The lowest BCUT2D eigenvalue weighted by molar-refractivity contribution is 0.102. The molecular formula is C12H13FN4O2. The highest BCUT2D eigenvalue weighted by Crippen LogP contribution is 2.25. The predicted octanol–water partition coefficient (Wildman–Crippen LogP) is 1.40. The Bertz CT molecular complexity index is 624. The molecular weight excluding hydrogens is 251 g/mol. The Kier molecular flexibility index (Phi) is 3.37. The van der Waals surface area contributed by atoms with Crippen LogP contribution in [0, 0.1) is 5.82 Å². The second-order valence-corrected chi connectivity index (χ2v) is 3.91. The maximum Gasteiger partial charge on any atom is 0.278 e. The number of benzene rings is 1. The summed E-state index contributed by atoms with van der Waals surface area (Å²) in [5.74, 6) is -0.710. The third kappa shape index (κ3) is 2.65. The number of amides is 1. The number of nitrogens with two attached hydrogens (primary N) is 1. The zero-order valence-corrected chi connectivity index (χ0v) is 10.5. The van der Waals surface area contributed by atoms with Gasteiger partial charge in [-0.3, -0.25) is 9.48 Å². The van der Waals surface area contributed by atoms with E-state index in [4.69, 9.17) is 10.5 Å². The first-order chi connectivity index (χ1) is 9.01. The van der Waals surface area contributed by atoms with Gasteiger partial charge in [0.1, 0.15) is 11.6 Å². The number of rotatable bonds is 3. The molecule has 0 unspecified atom stereocenters. The van der Waals surface area contributed by atoms with E-state index >= 15 is 0 Å². The van der Waals surface area contributed by atoms with Gasteiger partial charge in [0.05, 0.1) is 18.5 Å². The van der Waals surface area contributed by atoms with Gasteiger partial charge in [-0.2, -0.15) is 5.10 Å². The van der Waals surface area contributed by atoms with Crippen LogP contribution in [0.3, 0.4) is 0 Å². The van der Waals surface area contributed by atoms with Crippen LogP contribution in [0.5, 0.6) is 5.75 Å². The van der Waals surface area contributed by atoms with Gasteiger partial charge >= 0.3 is 0 Å². The standard InChI is InChI=1S/C12H13FN4O2/c1-17-6-8(14)11(16-17)12(18)15-9-4-3-7(13)5-10(9)19-2/h3-6H,14H2,1-2H3,(H,15,18). The molecule has 0 atom stereocenters. The maximum absolute atomic E-state index is 13.0. The lowest BCUT2D eigenvalue weighted by atomic mass is 10.2. The number of nitrogen functional groups attached to an aromatic ring is 1. The minimum atomic E-state index is -0.483. The quantitative estimate of drug-likeness (QED) is 0.878. The van der Waals surface area contributed by atoms with E-state index < -0.39 is 11.7 Å². The van der Waals surface area contributed by atoms with Crippen molar-refractivity contribution < 1.29 is 13.9 Å². The summed E-state index contributed by atoms with van der Waals surface area (Å²) in [5, 5.41) is 6.52. The van der Waals surface area contributed by atoms with Crippen molar-refractivity contribution in [2.45, 2.75) is 0 Å². The summed E-state index contributed by atoms with van der Waals surface area (Å²) >= 11 is 0. The average Bonchev–Trinajstić information content (AvgIpc) is 2.70. The summed E-state index contributed by atoms with van der Waals surface area (Å²) < 4.78 is 19.5. The molecule has 0 saturated carbocycles. The first-order valence-electron chi connectivity index (χ1n) is 5.45. The Labute approximate surface area is 109 Å². The van der Waals surface area contributed by atoms with E-state index in [0.717, 1.165) is 0 Å². The molecule has 0 fully saturated rings. The molecule has 6 nitrogen and oxygen atoms in total. The van der Waals surface area contributed by atoms with Gasteiger partial charge in [0.2, 0.25) is 0 Å². The Morgan fingerprint density at radius 1 is 1.53 bits per heavy atom. The zero-order valence-electron chi connectivity index (χ0n) is 10.5. The van der Waals surface area contributed by atoms with E-state index in [1.807, 2.05) is 0 Å². The van der Waals surface area contributed by atoms with Gasteiger partial charge < -0.3 is 15.8 Å². The third-order valence-electron chi connectivity index (χ3n) is 2.48. The molecule has 19 heavy (non-hydrogen) atoms. The average molecular weight is 264 g/mol. The topological polar surface area (TPSA) is 82.2 Å². The minimum Gasteiger partial charge on any atom is -0.494 e. The number of anilines is 2. The van der Waals surface area contributed by atoms with E-state index in [0.29, 0.717) is 5.69 Å². The van der Waals surface area contributed by atoms with Crippen molar-refractivity contribution in [3.63, 3.8) is 0 Å². The van der Waals surface area contributed by atoms with Gasteiger partial charge in [0.25, 0.3) is 5.91 Å². The number of carbonyl (C=O) groups excluding carboxylic acids is 1. The molecule has 1 heterocycles. The summed E-state index contributed by atoms with van der Waals surface area (Å²) in [4.78, 5) is 12.0. The number of ether oxygens (including phenoxy) is 1. The van der Waals surface area contributed by atoms with Crippen molar-refractivity contribution >= 4 is 17.3 Å². The van der Waals surface area contributed by atoms with Gasteiger partial charge in [0, 0.05) is 19.3 Å². The van der Waals surface area contributed by atoms with Gasteiger partial charge in [-0.05, 0) is 12.1 Å². The Balaban J connectivity index is 2.26. The number of methoxy groups -OCH3 is 1. The first kappa shape index (κ1) is 12.9.